The van der Waals surface area contributed by atoms with Crippen LogP contribution in [0.15, 0.2) is 12.1 Å². The fourth-order valence-electron chi connectivity index (χ4n) is 3.66. The molecule has 1 aliphatic rings. The van der Waals surface area contributed by atoms with Gasteiger partial charge in [0.25, 0.3) is 0 Å². The number of carbonyl (C=O) groups excluding carboxylic acids is 1. The van der Waals surface area contributed by atoms with Gasteiger partial charge in [-0.2, -0.15) is 0 Å². The number of piperidine rings is 1. The van der Waals surface area contributed by atoms with Crippen LogP contribution < -0.4 is 10.6 Å². The molecule has 1 aromatic rings. The van der Waals surface area contributed by atoms with E-state index in [2.05, 4.69) is 43.5 Å². The number of carbonyl (C=O) groups is 1. The monoisotopic (exact) mass is 388 g/mol. The third-order valence-electron chi connectivity index (χ3n) is 5.04. The minimum absolute atomic E-state index is 0. The van der Waals surface area contributed by atoms with Crippen LogP contribution in [-0.4, -0.2) is 45.0 Å². The summed E-state index contributed by atoms with van der Waals surface area (Å²) >= 11 is 0. The summed E-state index contributed by atoms with van der Waals surface area (Å²) in [4.78, 5) is 12.7. The molecule has 142 valence electrons. The quantitative estimate of drug-likeness (QED) is 0.807. The SMILES string of the molecule is Cc1cc(C)c(CCNC(=O)C2(S(C)(=O)=O)CCNCC2)c(C)c1.Cl. The molecule has 7 heteroatoms. The largest absolute Gasteiger partial charge is 0.354 e. The Morgan fingerprint density at radius 3 is 2.16 bits per heavy atom. The van der Waals surface area contributed by atoms with Gasteiger partial charge >= 0.3 is 0 Å². The Morgan fingerprint density at radius 2 is 1.68 bits per heavy atom. The molecule has 0 atom stereocenters. The second-order valence-corrected chi connectivity index (χ2v) is 9.23. The van der Waals surface area contributed by atoms with Crippen molar-refractivity contribution in [2.75, 3.05) is 25.9 Å². The van der Waals surface area contributed by atoms with Crippen LogP contribution in [0.25, 0.3) is 0 Å². The normalized spacial score (nSPS) is 16.8. The van der Waals surface area contributed by atoms with Crippen molar-refractivity contribution < 1.29 is 13.2 Å². The average Bonchev–Trinajstić information content (AvgIpc) is 2.49. The smallest absolute Gasteiger partial charge is 0.241 e. The first kappa shape index (κ1) is 21.9. The first-order valence-corrected chi connectivity index (χ1v) is 10.3. The van der Waals surface area contributed by atoms with Gasteiger partial charge in [0.2, 0.25) is 5.91 Å². The van der Waals surface area contributed by atoms with E-state index in [1.54, 1.807) is 0 Å². The van der Waals surface area contributed by atoms with Gasteiger partial charge in [-0.05, 0) is 69.8 Å². The lowest BCUT2D eigenvalue weighted by Crippen LogP contribution is -2.57. The molecule has 0 spiro atoms. The van der Waals surface area contributed by atoms with Crippen molar-refractivity contribution in [3.8, 4) is 0 Å². The molecule has 2 N–H and O–H groups in total. The third kappa shape index (κ3) is 4.74. The zero-order valence-electron chi connectivity index (χ0n) is 15.4. The molecule has 1 heterocycles. The number of halogens is 1. The molecule has 1 fully saturated rings. The van der Waals surface area contributed by atoms with E-state index in [1.165, 1.54) is 28.5 Å². The fourth-order valence-corrected chi connectivity index (χ4v) is 5.02. The molecule has 0 aliphatic carbocycles. The summed E-state index contributed by atoms with van der Waals surface area (Å²) in [5, 5.41) is 6.00. The Kier molecular flexibility index (Phi) is 7.47. The average molecular weight is 389 g/mol. The van der Waals surface area contributed by atoms with Gasteiger partial charge in [-0.3, -0.25) is 4.79 Å². The third-order valence-corrected chi connectivity index (χ3v) is 7.05. The minimum Gasteiger partial charge on any atom is -0.354 e. The molecule has 0 unspecified atom stereocenters. The van der Waals surface area contributed by atoms with E-state index < -0.39 is 14.6 Å². The maximum absolute atomic E-state index is 12.7. The fraction of sp³-hybridized carbons (Fsp3) is 0.611. The van der Waals surface area contributed by atoms with Gasteiger partial charge in [-0.1, -0.05) is 17.7 Å². The van der Waals surface area contributed by atoms with Gasteiger partial charge in [0, 0.05) is 12.8 Å². The predicted octanol–water partition coefficient (Wildman–Crippen LogP) is 1.86. The van der Waals surface area contributed by atoms with Crippen molar-refractivity contribution in [1.29, 1.82) is 0 Å². The van der Waals surface area contributed by atoms with Crippen LogP contribution in [0, 0.1) is 20.8 Å². The van der Waals surface area contributed by atoms with E-state index in [9.17, 15) is 13.2 Å². The molecule has 1 saturated heterocycles. The first-order valence-electron chi connectivity index (χ1n) is 8.43. The topological polar surface area (TPSA) is 75.3 Å². The van der Waals surface area contributed by atoms with Gasteiger partial charge in [0.05, 0.1) is 0 Å². The number of rotatable bonds is 5. The summed E-state index contributed by atoms with van der Waals surface area (Å²) < 4.78 is 23.2. The van der Waals surface area contributed by atoms with Crippen LogP contribution in [0.3, 0.4) is 0 Å². The van der Waals surface area contributed by atoms with Gasteiger partial charge in [0.1, 0.15) is 0 Å². The van der Waals surface area contributed by atoms with Crippen molar-refractivity contribution in [2.24, 2.45) is 0 Å². The van der Waals surface area contributed by atoms with Gasteiger partial charge in [-0.25, -0.2) is 8.42 Å². The molecule has 0 radical (unpaired) electrons. The van der Waals surface area contributed by atoms with E-state index in [0.717, 1.165) is 0 Å². The Bertz CT molecular complexity index is 703. The summed E-state index contributed by atoms with van der Waals surface area (Å²) in [5.74, 6) is -0.353. The molecule has 0 bridgehead atoms. The first-order chi connectivity index (χ1) is 11.2. The predicted molar refractivity (Wildman–Crippen MR) is 104 cm³/mol. The molecule has 1 aliphatic heterocycles. The van der Waals surface area contributed by atoms with Crippen LogP contribution in [0.5, 0.6) is 0 Å². The second kappa shape index (κ2) is 8.52. The summed E-state index contributed by atoms with van der Waals surface area (Å²) in [6.45, 7) is 7.77. The lowest BCUT2D eigenvalue weighted by molar-refractivity contribution is -0.124. The Hall–Kier alpha value is -1.11. The molecular weight excluding hydrogens is 360 g/mol. The second-order valence-electron chi connectivity index (χ2n) is 6.90. The van der Waals surface area contributed by atoms with E-state index in [1.807, 2.05) is 0 Å². The molecule has 0 aromatic heterocycles. The van der Waals surface area contributed by atoms with Crippen molar-refractivity contribution in [2.45, 2.75) is 44.8 Å². The molecule has 1 aromatic carbocycles. The van der Waals surface area contributed by atoms with Gasteiger partial charge in [0.15, 0.2) is 14.6 Å². The highest BCUT2D eigenvalue weighted by Gasteiger charge is 2.48. The summed E-state index contributed by atoms with van der Waals surface area (Å²) in [6.07, 6.45) is 2.55. The highest BCUT2D eigenvalue weighted by atomic mass is 35.5. The zero-order valence-corrected chi connectivity index (χ0v) is 17.1. The van der Waals surface area contributed by atoms with Crippen molar-refractivity contribution in [1.82, 2.24) is 10.6 Å². The maximum Gasteiger partial charge on any atom is 0.241 e. The molecule has 0 saturated carbocycles. The Labute approximate surface area is 157 Å². The summed E-state index contributed by atoms with van der Waals surface area (Å²) in [7, 11) is -3.46. The van der Waals surface area contributed by atoms with Gasteiger partial charge in [-0.15, -0.1) is 12.4 Å². The highest BCUT2D eigenvalue weighted by molar-refractivity contribution is 7.92. The Morgan fingerprint density at radius 1 is 1.16 bits per heavy atom. The lowest BCUT2D eigenvalue weighted by atomic mass is 9.95. The maximum atomic E-state index is 12.7. The number of amides is 1. The molecule has 5 nitrogen and oxygen atoms in total. The van der Waals surface area contributed by atoms with Crippen LogP contribution in [0.2, 0.25) is 0 Å². The van der Waals surface area contributed by atoms with Crippen LogP contribution in [-0.2, 0) is 21.1 Å². The van der Waals surface area contributed by atoms with E-state index >= 15 is 0 Å². The van der Waals surface area contributed by atoms with E-state index in [0.29, 0.717) is 38.9 Å². The minimum atomic E-state index is -3.46. The lowest BCUT2D eigenvalue weighted by Gasteiger charge is -2.34. The van der Waals surface area contributed by atoms with Crippen LogP contribution in [0.1, 0.15) is 35.1 Å². The number of aryl methyl sites for hydroxylation is 3. The summed E-state index contributed by atoms with van der Waals surface area (Å²) in [6, 6.07) is 4.27. The van der Waals surface area contributed by atoms with E-state index in [-0.39, 0.29) is 18.3 Å². The van der Waals surface area contributed by atoms with Crippen LogP contribution in [0.4, 0.5) is 0 Å². The number of hydrogen-bond acceptors (Lipinski definition) is 4. The van der Waals surface area contributed by atoms with E-state index in [4.69, 9.17) is 0 Å². The van der Waals surface area contributed by atoms with Crippen molar-refractivity contribution in [3.05, 3.63) is 34.4 Å². The Balaban J connectivity index is 0.00000312. The zero-order chi connectivity index (χ0) is 18.0. The number of hydrogen-bond donors (Lipinski definition) is 2. The number of benzene rings is 1. The highest BCUT2D eigenvalue weighted by Crippen LogP contribution is 2.28. The molecule has 25 heavy (non-hydrogen) atoms. The van der Waals surface area contributed by atoms with Crippen molar-refractivity contribution in [3.63, 3.8) is 0 Å². The van der Waals surface area contributed by atoms with Crippen LogP contribution >= 0.6 is 12.4 Å². The summed E-state index contributed by atoms with van der Waals surface area (Å²) in [5.41, 5.74) is 4.87. The molecular formula is C18H29ClN2O3S. The number of sulfone groups is 1. The standard InChI is InChI=1S/C18H28N2O3S.ClH/c1-13-11-14(2)16(15(3)12-13)5-8-20-17(21)18(24(4,22)23)6-9-19-10-7-18;/h11-12,19H,5-10H2,1-4H3,(H,20,21);1H. The van der Waals surface area contributed by atoms with Gasteiger partial charge < -0.3 is 10.6 Å². The van der Waals surface area contributed by atoms with Crippen molar-refractivity contribution >= 4 is 28.2 Å². The number of nitrogens with one attached hydrogen (secondary N) is 2. The molecule has 1 amide bonds. The molecule has 2 rings (SSSR count).